The van der Waals surface area contributed by atoms with E-state index in [4.69, 9.17) is 9.84 Å². The first-order valence-electron chi connectivity index (χ1n) is 5.68. The molecule has 0 heterocycles. The Morgan fingerprint density at radius 2 is 1.71 bits per heavy atom. The molecular formula is C12H22O5. The Morgan fingerprint density at radius 3 is 2.00 bits per heavy atom. The molecule has 2 atom stereocenters. The van der Waals surface area contributed by atoms with E-state index in [1.165, 1.54) is 0 Å². The summed E-state index contributed by atoms with van der Waals surface area (Å²) in [6.07, 6.45) is -1.44. The number of aliphatic hydroxyl groups is 1. The minimum absolute atomic E-state index is 0.0986. The number of ether oxygens (including phenoxy) is 1. The Kier molecular flexibility index (Phi) is 5.61. The molecule has 0 aromatic heterocycles. The summed E-state index contributed by atoms with van der Waals surface area (Å²) >= 11 is 0. The maximum atomic E-state index is 11.8. The van der Waals surface area contributed by atoms with Gasteiger partial charge in [0.25, 0.3) is 0 Å². The minimum Gasteiger partial charge on any atom is -0.479 e. The zero-order chi connectivity index (χ0) is 13.8. The van der Waals surface area contributed by atoms with Crippen molar-refractivity contribution in [2.24, 2.45) is 11.8 Å². The molecule has 0 saturated heterocycles. The number of aliphatic hydroxyl groups excluding tert-OH is 1. The first-order chi connectivity index (χ1) is 7.54. The van der Waals surface area contributed by atoms with Gasteiger partial charge in [-0.3, -0.25) is 4.79 Å². The SMILES string of the molecule is CC(C)C[C@H](C(=O)OC(C)(C)C)[C@H](O)C(=O)O. The van der Waals surface area contributed by atoms with E-state index in [1.807, 2.05) is 13.8 Å². The van der Waals surface area contributed by atoms with Crippen LogP contribution in [0.3, 0.4) is 0 Å². The topological polar surface area (TPSA) is 83.8 Å². The largest absolute Gasteiger partial charge is 0.479 e. The molecule has 0 radical (unpaired) electrons. The highest BCUT2D eigenvalue weighted by Crippen LogP contribution is 2.21. The number of esters is 1. The molecular weight excluding hydrogens is 224 g/mol. The summed E-state index contributed by atoms with van der Waals surface area (Å²) in [6.45, 7) is 8.80. The summed E-state index contributed by atoms with van der Waals surface area (Å²) in [5, 5.41) is 18.3. The number of rotatable bonds is 5. The molecule has 5 heteroatoms. The molecule has 0 unspecified atom stereocenters. The molecule has 100 valence electrons. The van der Waals surface area contributed by atoms with Gasteiger partial charge in [-0.1, -0.05) is 13.8 Å². The van der Waals surface area contributed by atoms with Gasteiger partial charge in [-0.2, -0.15) is 0 Å². The van der Waals surface area contributed by atoms with Gasteiger partial charge in [0.2, 0.25) is 0 Å². The summed E-state index contributed by atoms with van der Waals surface area (Å²) in [5.41, 5.74) is -0.690. The van der Waals surface area contributed by atoms with Crippen LogP contribution in [0.15, 0.2) is 0 Å². The first-order valence-corrected chi connectivity index (χ1v) is 5.68. The third-order valence-electron chi connectivity index (χ3n) is 2.07. The summed E-state index contributed by atoms with van der Waals surface area (Å²) in [6, 6.07) is 0. The van der Waals surface area contributed by atoms with Gasteiger partial charge >= 0.3 is 11.9 Å². The van der Waals surface area contributed by atoms with E-state index in [-0.39, 0.29) is 12.3 Å². The second-order valence-corrected chi connectivity index (χ2v) is 5.55. The van der Waals surface area contributed by atoms with Crippen LogP contribution in [0.2, 0.25) is 0 Å². The third kappa shape index (κ3) is 6.26. The van der Waals surface area contributed by atoms with Crippen LogP contribution in [0.4, 0.5) is 0 Å². The van der Waals surface area contributed by atoms with Crippen molar-refractivity contribution in [1.29, 1.82) is 0 Å². The van der Waals surface area contributed by atoms with Crippen molar-refractivity contribution in [1.82, 2.24) is 0 Å². The number of aliphatic carboxylic acids is 1. The van der Waals surface area contributed by atoms with Crippen LogP contribution in [0, 0.1) is 11.8 Å². The van der Waals surface area contributed by atoms with Crippen molar-refractivity contribution in [3.05, 3.63) is 0 Å². The first kappa shape index (κ1) is 15.9. The normalized spacial score (nSPS) is 15.5. The zero-order valence-corrected chi connectivity index (χ0v) is 11.1. The molecule has 17 heavy (non-hydrogen) atoms. The molecule has 0 bridgehead atoms. The van der Waals surface area contributed by atoms with E-state index in [9.17, 15) is 14.7 Å². The molecule has 0 aliphatic rings. The molecule has 0 rings (SSSR count). The Balaban J connectivity index is 4.80. The van der Waals surface area contributed by atoms with Gasteiger partial charge in [0.05, 0.1) is 5.92 Å². The van der Waals surface area contributed by atoms with Crippen LogP contribution in [-0.4, -0.2) is 33.9 Å². The summed E-state index contributed by atoms with van der Waals surface area (Å²) in [4.78, 5) is 22.5. The average Bonchev–Trinajstić information content (AvgIpc) is 2.09. The highest BCUT2D eigenvalue weighted by Gasteiger charge is 2.35. The summed E-state index contributed by atoms with van der Waals surface area (Å²) in [7, 11) is 0. The fourth-order valence-corrected chi connectivity index (χ4v) is 1.41. The van der Waals surface area contributed by atoms with Crippen molar-refractivity contribution in [2.45, 2.75) is 52.7 Å². The maximum Gasteiger partial charge on any atom is 0.333 e. The molecule has 0 aliphatic carbocycles. The lowest BCUT2D eigenvalue weighted by atomic mass is 9.92. The molecule has 0 aromatic rings. The maximum absolute atomic E-state index is 11.8. The van der Waals surface area contributed by atoms with Crippen molar-refractivity contribution in [3.8, 4) is 0 Å². The highest BCUT2D eigenvalue weighted by molar-refractivity contribution is 5.82. The Bertz CT molecular complexity index is 277. The predicted molar refractivity (Wildman–Crippen MR) is 62.4 cm³/mol. The Hall–Kier alpha value is -1.10. The highest BCUT2D eigenvalue weighted by atomic mass is 16.6. The van der Waals surface area contributed by atoms with E-state index < -0.39 is 29.6 Å². The third-order valence-corrected chi connectivity index (χ3v) is 2.07. The predicted octanol–water partition coefficient (Wildman–Crippen LogP) is 1.44. The number of hydrogen-bond acceptors (Lipinski definition) is 4. The van der Waals surface area contributed by atoms with Crippen molar-refractivity contribution < 1.29 is 24.5 Å². The second-order valence-electron chi connectivity index (χ2n) is 5.55. The van der Waals surface area contributed by atoms with Gasteiger partial charge in [0.1, 0.15) is 5.60 Å². The van der Waals surface area contributed by atoms with Crippen molar-refractivity contribution in [3.63, 3.8) is 0 Å². The quantitative estimate of drug-likeness (QED) is 0.717. The molecule has 0 saturated carbocycles. The van der Waals surface area contributed by atoms with E-state index in [0.717, 1.165) is 0 Å². The van der Waals surface area contributed by atoms with Gasteiger partial charge in [-0.15, -0.1) is 0 Å². The lowest BCUT2D eigenvalue weighted by molar-refractivity contribution is -0.171. The van der Waals surface area contributed by atoms with E-state index in [2.05, 4.69) is 0 Å². The molecule has 0 aliphatic heterocycles. The van der Waals surface area contributed by atoms with Gasteiger partial charge in [0, 0.05) is 0 Å². The summed E-state index contributed by atoms with van der Waals surface area (Å²) in [5.74, 6) is -2.99. The van der Waals surface area contributed by atoms with Crippen molar-refractivity contribution in [2.75, 3.05) is 0 Å². The number of carboxylic acid groups (broad SMARTS) is 1. The van der Waals surface area contributed by atoms with Crippen LogP contribution in [-0.2, 0) is 14.3 Å². The summed E-state index contributed by atoms with van der Waals surface area (Å²) < 4.78 is 5.11. The Labute approximate surface area is 102 Å². The van der Waals surface area contributed by atoms with Gasteiger partial charge in [-0.05, 0) is 33.1 Å². The number of carbonyl (C=O) groups is 2. The number of hydrogen-bond donors (Lipinski definition) is 2. The molecule has 0 amide bonds. The number of carboxylic acids is 1. The fraction of sp³-hybridized carbons (Fsp3) is 0.833. The average molecular weight is 246 g/mol. The van der Waals surface area contributed by atoms with Crippen molar-refractivity contribution >= 4 is 11.9 Å². The molecule has 2 N–H and O–H groups in total. The zero-order valence-electron chi connectivity index (χ0n) is 11.1. The van der Waals surface area contributed by atoms with E-state index >= 15 is 0 Å². The second kappa shape index (κ2) is 6.00. The van der Waals surface area contributed by atoms with E-state index in [1.54, 1.807) is 20.8 Å². The number of carbonyl (C=O) groups excluding carboxylic acids is 1. The van der Waals surface area contributed by atoms with Crippen LogP contribution in [0.25, 0.3) is 0 Å². The molecule has 0 spiro atoms. The minimum atomic E-state index is -1.72. The smallest absolute Gasteiger partial charge is 0.333 e. The van der Waals surface area contributed by atoms with Crippen LogP contribution < -0.4 is 0 Å². The molecule has 0 fully saturated rings. The van der Waals surface area contributed by atoms with Crippen LogP contribution in [0.1, 0.15) is 41.0 Å². The Morgan fingerprint density at radius 1 is 1.24 bits per heavy atom. The molecule has 5 nitrogen and oxygen atoms in total. The van der Waals surface area contributed by atoms with Crippen LogP contribution in [0.5, 0.6) is 0 Å². The van der Waals surface area contributed by atoms with E-state index in [0.29, 0.717) is 0 Å². The van der Waals surface area contributed by atoms with Gasteiger partial charge < -0.3 is 14.9 Å². The van der Waals surface area contributed by atoms with Gasteiger partial charge in [0.15, 0.2) is 6.10 Å². The van der Waals surface area contributed by atoms with Gasteiger partial charge in [-0.25, -0.2) is 4.79 Å². The standard InChI is InChI=1S/C12H22O5/c1-7(2)6-8(9(13)10(14)15)11(16)17-12(3,4)5/h7-9,13H,6H2,1-5H3,(H,14,15)/t8-,9-/m0/s1. The lowest BCUT2D eigenvalue weighted by Gasteiger charge is -2.26. The molecule has 0 aromatic carbocycles. The van der Waals surface area contributed by atoms with Crippen LogP contribution >= 0.6 is 0 Å². The fourth-order valence-electron chi connectivity index (χ4n) is 1.41. The lowest BCUT2D eigenvalue weighted by Crippen LogP contribution is -2.39. The monoisotopic (exact) mass is 246 g/mol.